The van der Waals surface area contributed by atoms with E-state index < -0.39 is 50.1 Å². The highest BCUT2D eigenvalue weighted by molar-refractivity contribution is 7.89. The van der Waals surface area contributed by atoms with Gasteiger partial charge in [-0.3, -0.25) is 25.5 Å². The maximum Gasteiger partial charge on any atom is 0.211 e. The number of H-pyrrole nitrogens is 5. The minimum absolute atomic E-state index is 0.0269. The fourth-order valence-corrected chi connectivity index (χ4v) is 20.2. The highest BCUT2D eigenvalue weighted by Crippen LogP contribution is 2.39. The predicted molar refractivity (Wildman–Crippen MR) is 438 cm³/mol. The fraction of sp³-hybridized carbons (Fsp3) is 0.390. The van der Waals surface area contributed by atoms with Crippen molar-refractivity contribution in [3.05, 3.63) is 181 Å². The van der Waals surface area contributed by atoms with E-state index in [4.69, 9.17) is 0 Å². The van der Waals surface area contributed by atoms with Crippen LogP contribution in [0, 0.1) is 13.8 Å². The first-order valence-electron chi connectivity index (χ1n) is 36.8. The van der Waals surface area contributed by atoms with Crippen molar-refractivity contribution >= 4 is 122 Å². The molecule has 12 aromatic rings. The monoisotopic (exact) mass is 1590 g/mol. The number of nitrogens with one attached hydrogen (secondary N) is 5. The molecule has 1 unspecified atom stereocenters. The Balaban J connectivity index is 0.000000121. The van der Waals surface area contributed by atoms with Gasteiger partial charge in [0.25, 0.3) is 0 Å². The van der Waals surface area contributed by atoms with Crippen LogP contribution in [0.5, 0.6) is 0 Å². The summed E-state index contributed by atoms with van der Waals surface area (Å²) < 4.78 is 124. The summed E-state index contributed by atoms with van der Waals surface area (Å²) >= 11 is 0. The number of hydrogen-bond acceptors (Lipinski definition) is 18. The molecule has 5 aliphatic heterocycles. The molecule has 110 heavy (non-hydrogen) atoms. The highest BCUT2D eigenvalue weighted by Gasteiger charge is 2.33. The maximum absolute atomic E-state index is 11.8. The highest BCUT2D eigenvalue weighted by atomic mass is 32.2. The van der Waals surface area contributed by atoms with Crippen LogP contribution in [0.3, 0.4) is 0 Å². The van der Waals surface area contributed by atoms with Gasteiger partial charge in [-0.15, -0.1) is 0 Å². The normalized spacial score (nSPS) is 18.2. The second kappa shape index (κ2) is 33.0. The van der Waals surface area contributed by atoms with E-state index in [2.05, 4.69) is 158 Å². The Morgan fingerprint density at radius 1 is 0.318 bits per heavy atom. The Morgan fingerprint density at radius 3 is 1.11 bits per heavy atom. The molecule has 5 fully saturated rings. The van der Waals surface area contributed by atoms with E-state index in [1.807, 2.05) is 86.4 Å². The summed E-state index contributed by atoms with van der Waals surface area (Å²) in [4.78, 5) is 6.70. The van der Waals surface area contributed by atoms with Crippen LogP contribution in [0.15, 0.2) is 158 Å². The van der Waals surface area contributed by atoms with Crippen LogP contribution in [0.2, 0.25) is 0 Å². The molecule has 5 aliphatic rings. The predicted octanol–water partition coefficient (Wildman–Crippen LogP) is 9.68. The number of sulfonamides is 5. The molecule has 0 radical (unpaired) electrons. The average Bonchev–Trinajstić information content (AvgIpc) is 1.45. The fourth-order valence-electron chi connectivity index (χ4n) is 15.7. The molecule has 28 nitrogen and oxygen atoms in total. The molecule has 10 heterocycles. The second-order valence-corrected chi connectivity index (χ2v) is 39.1. The summed E-state index contributed by atoms with van der Waals surface area (Å²) in [5.74, 6) is 0.759. The molecule has 0 spiro atoms. The number of aromatic amines is 5. The van der Waals surface area contributed by atoms with Crippen LogP contribution in [0.4, 0.5) is 17.1 Å². The maximum atomic E-state index is 11.8. The number of aromatic nitrogens is 10. The summed E-state index contributed by atoms with van der Waals surface area (Å²) in [6.07, 6.45) is 19.0. The molecule has 5 aromatic heterocycles. The number of benzene rings is 7. The number of piperidine rings is 2. The molecule has 5 saturated heterocycles. The number of fused-ring (bicyclic) bond motifs is 5. The van der Waals surface area contributed by atoms with Gasteiger partial charge in [-0.05, 0) is 151 Å². The Labute approximate surface area is 643 Å². The first-order chi connectivity index (χ1) is 52.4. The van der Waals surface area contributed by atoms with Gasteiger partial charge in [0.15, 0.2) is 0 Å². The second-order valence-electron chi connectivity index (χ2n) is 29.2. The summed E-state index contributed by atoms with van der Waals surface area (Å²) in [5.41, 5.74) is 18.0. The Hall–Kier alpha value is -9.16. The van der Waals surface area contributed by atoms with Crippen LogP contribution in [-0.2, 0) is 50.1 Å². The molecular formula is C77H96N18O10S5. The Morgan fingerprint density at radius 2 is 0.673 bits per heavy atom. The standard InChI is InChI=1S/C19H21N3O2S.C18H20N4O2S.C14H19N3O2S.2C13H18N4O2S/c1-25(23,24)22-9-7-15(8-10-22)17-11-16(14-5-3-2-4-6-14)12-19-18(17)13-20-21-19;1-25(23,24)22-9-7-21(8-10-22)18-12-15(14-5-3-2-4-6-14)11-17-16(18)13-19-20-17;1-10-7-12(13-9-15-16-14(13)8-10)11-3-5-17(6-4-11)20(2,18)19;1-10-7-12-11(9-14-15-12)13(8-10)16-3-5-17(6-4-16)20(2,18)19;1-10-9-16(6-7-17(10)20(2,18)19)13-5-3-4-12-11(13)8-14-15-12/h2-6,11-13,15H,7-10H2,1H3,(H,20,21);2-6,11-13H,7-10H2,1H3,(H,19,20);7-9,11H,3-6H2,1-2H3,(H,15,16);7-9H,3-6H2,1-2H3,(H,14,15);3-5,8,10H,6-7,9H2,1-2H3,(H,14,15). The van der Waals surface area contributed by atoms with E-state index in [-0.39, 0.29) is 6.04 Å². The summed E-state index contributed by atoms with van der Waals surface area (Å²) in [6, 6.07) is 43.7. The molecule has 7 aromatic carbocycles. The van der Waals surface area contributed by atoms with Crippen molar-refractivity contribution in [3.8, 4) is 22.3 Å². The van der Waals surface area contributed by atoms with E-state index in [0.29, 0.717) is 110 Å². The topological polar surface area (TPSA) is 340 Å². The zero-order chi connectivity index (χ0) is 77.9. The van der Waals surface area contributed by atoms with Crippen LogP contribution in [0.25, 0.3) is 76.8 Å². The molecule has 5 N–H and O–H groups in total. The van der Waals surface area contributed by atoms with Gasteiger partial charge >= 0.3 is 0 Å². The third kappa shape index (κ3) is 18.6. The van der Waals surface area contributed by atoms with Gasteiger partial charge in [-0.25, -0.2) is 50.7 Å². The number of nitrogens with zero attached hydrogens (tertiary/aromatic N) is 13. The minimum atomic E-state index is -3.13. The number of anilines is 3. The van der Waals surface area contributed by atoms with Gasteiger partial charge in [0.1, 0.15) is 0 Å². The Bertz CT molecular complexity index is 5520. The lowest BCUT2D eigenvalue weighted by atomic mass is 9.86. The molecule has 33 heteroatoms. The number of hydrogen-bond donors (Lipinski definition) is 5. The molecule has 1 atom stereocenters. The van der Waals surface area contributed by atoms with Crippen molar-refractivity contribution in [2.45, 2.75) is 64.3 Å². The molecule has 17 rings (SSSR count). The lowest BCUT2D eigenvalue weighted by molar-refractivity contribution is 0.309. The molecule has 584 valence electrons. The summed E-state index contributed by atoms with van der Waals surface area (Å²) in [5, 5.41) is 41.3. The number of rotatable bonds is 12. The largest absolute Gasteiger partial charge is 0.368 e. The van der Waals surface area contributed by atoms with E-state index in [1.54, 1.807) is 12.9 Å². The number of piperazine rings is 3. The van der Waals surface area contributed by atoms with E-state index >= 15 is 0 Å². The van der Waals surface area contributed by atoms with Crippen molar-refractivity contribution < 1.29 is 42.1 Å². The molecule has 0 aliphatic carbocycles. The zero-order valence-electron chi connectivity index (χ0n) is 63.1. The number of aryl methyl sites for hydroxylation is 2. The molecule has 0 bridgehead atoms. The van der Waals surface area contributed by atoms with Crippen LogP contribution in [0.1, 0.15) is 66.7 Å². The lowest BCUT2D eigenvalue weighted by Crippen LogP contribution is -2.53. The van der Waals surface area contributed by atoms with Crippen molar-refractivity contribution in [2.75, 3.05) is 144 Å². The third-order valence-electron chi connectivity index (χ3n) is 21.4. The first kappa shape index (κ1) is 78.9. The molecule has 0 amide bonds. The third-order valence-corrected chi connectivity index (χ3v) is 28.0. The lowest BCUT2D eigenvalue weighted by Gasteiger charge is -2.39. The zero-order valence-corrected chi connectivity index (χ0v) is 67.2. The van der Waals surface area contributed by atoms with E-state index in [1.165, 1.54) is 67.7 Å². The van der Waals surface area contributed by atoms with Crippen molar-refractivity contribution in [1.29, 1.82) is 0 Å². The SMILES string of the molecule is CC1CN(c2cccc3[nH]ncc23)CCN1S(C)(=O)=O.CS(=O)(=O)N1CCC(c2cc(-c3ccccc3)cc3[nH]ncc23)CC1.CS(=O)(=O)N1CCN(c2cc(-c3ccccc3)cc3[nH]ncc23)CC1.Cc1cc(C2CCN(S(C)(=O)=O)CC2)c2cn[nH]c2c1.Cc1cc(N2CCN(S(C)(=O)=O)CC2)c2cn[nH]c2c1. The van der Waals surface area contributed by atoms with Crippen molar-refractivity contribution in [3.63, 3.8) is 0 Å². The summed E-state index contributed by atoms with van der Waals surface area (Å²) in [6.45, 7) is 15.2. The van der Waals surface area contributed by atoms with Crippen LogP contribution >= 0.6 is 0 Å². The van der Waals surface area contributed by atoms with E-state index in [0.717, 1.165) is 114 Å². The average molecular weight is 1590 g/mol. The minimum Gasteiger partial charge on any atom is -0.368 e. The van der Waals surface area contributed by atoms with Gasteiger partial charge < -0.3 is 14.7 Å². The van der Waals surface area contributed by atoms with Crippen molar-refractivity contribution in [1.82, 2.24) is 72.5 Å². The van der Waals surface area contributed by atoms with Gasteiger partial charge in [0.2, 0.25) is 50.1 Å². The van der Waals surface area contributed by atoms with Crippen LogP contribution in [-0.4, -0.2) is 250 Å². The summed E-state index contributed by atoms with van der Waals surface area (Å²) in [7, 11) is -15.5. The smallest absolute Gasteiger partial charge is 0.211 e. The van der Waals surface area contributed by atoms with Gasteiger partial charge in [-0.1, -0.05) is 78.9 Å². The van der Waals surface area contributed by atoms with E-state index in [9.17, 15) is 42.1 Å². The van der Waals surface area contributed by atoms with Gasteiger partial charge in [0, 0.05) is 148 Å². The molecular weight excluding hydrogens is 1500 g/mol. The quantitative estimate of drug-likeness (QED) is 0.0759. The van der Waals surface area contributed by atoms with Crippen LogP contribution < -0.4 is 14.7 Å². The van der Waals surface area contributed by atoms with Crippen molar-refractivity contribution in [2.24, 2.45) is 0 Å². The van der Waals surface area contributed by atoms with Gasteiger partial charge in [0.05, 0.1) is 89.8 Å². The molecule has 0 saturated carbocycles. The van der Waals surface area contributed by atoms with Gasteiger partial charge in [-0.2, -0.15) is 38.4 Å². The first-order valence-corrected chi connectivity index (χ1v) is 46.0. The Kier molecular flexibility index (Phi) is 23.7.